The Morgan fingerprint density at radius 2 is 2.22 bits per heavy atom. The molecule has 0 bridgehead atoms. The number of halogens is 5. The molecule has 1 aliphatic rings. The van der Waals surface area contributed by atoms with Crippen molar-refractivity contribution in [3.05, 3.63) is 22.3 Å². The van der Waals surface area contributed by atoms with Gasteiger partial charge in [-0.3, -0.25) is 0 Å². The highest BCUT2D eigenvalue weighted by Crippen LogP contribution is 2.39. The van der Waals surface area contributed by atoms with Crippen LogP contribution in [0.1, 0.15) is 18.4 Å². The third-order valence-corrected chi connectivity index (χ3v) is 3.76. The van der Waals surface area contributed by atoms with Crippen LogP contribution in [0.3, 0.4) is 0 Å². The number of aromatic nitrogens is 1. The van der Waals surface area contributed by atoms with E-state index in [4.69, 9.17) is 11.6 Å². The van der Waals surface area contributed by atoms with Crippen molar-refractivity contribution in [3.63, 3.8) is 0 Å². The van der Waals surface area contributed by atoms with Crippen molar-refractivity contribution in [2.24, 2.45) is 0 Å². The molecule has 1 aromatic rings. The standard InChI is InChI=1S/C11H11BrClF3N2/c12-7-4-9(11(14,15)16)10(17-6-7)18-3-1-2-8(18)5-13/h4,6,8H,1-3,5H2. The quantitative estimate of drug-likeness (QED) is 0.753. The van der Waals surface area contributed by atoms with Crippen molar-refractivity contribution in [3.8, 4) is 0 Å². The monoisotopic (exact) mass is 342 g/mol. The molecule has 0 aromatic carbocycles. The van der Waals surface area contributed by atoms with E-state index in [1.807, 2.05) is 0 Å². The topological polar surface area (TPSA) is 16.1 Å². The summed E-state index contributed by atoms with van der Waals surface area (Å²) >= 11 is 8.81. The number of anilines is 1. The Morgan fingerprint density at radius 1 is 1.50 bits per heavy atom. The maximum absolute atomic E-state index is 13.0. The van der Waals surface area contributed by atoms with Crippen molar-refractivity contribution in [2.75, 3.05) is 17.3 Å². The molecular formula is C11H11BrClF3N2. The van der Waals surface area contributed by atoms with Gasteiger partial charge in [0, 0.05) is 29.1 Å². The Labute approximate surface area is 116 Å². The van der Waals surface area contributed by atoms with Crippen LogP contribution >= 0.6 is 27.5 Å². The van der Waals surface area contributed by atoms with Gasteiger partial charge in [0.1, 0.15) is 5.82 Å². The molecule has 1 saturated heterocycles. The fourth-order valence-corrected chi connectivity index (χ4v) is 2.80. The van der Waals surface area contributed by atoms with E-state index >= 15 is 0 Å². The van der Waals surface area contributed by atoms with Gasteiger partial charge in [-0.2, -0.15) is 13.2 Å². The van der Waals surface area contributed by atoms with Gasteiger partial charge in [0.15, 0.2) is 0 Å². The van der Waals surface area contributed by atoms with Gasteiger partial charge in [0.05, 0.1) is 5.56 Å². The van der Waals surface area contributed by atoms with Crippen LogP contribution in [-0.2, 0) is 6.18 Å². The molecule has 1 aliphatic heterocycles. The average molecular weight is 344 g/mol. The van der Waals surface area contributed by atoms with Gasteiger partial charge in [-0.15, -0.1) is 11.6 Å². The molecule has 0 aliphatic carbocycles. The highest BCUT2D eigenvalue weighted by molar-refractivity contribution is 9.10. The molecule has 0 N–H and O–H groups in total. The molecule has 2 nitrogen and oxygen atoms in total. The van der Waals surface area contributed by atoms with E-state index < -0.39 is 11.7 Å². The lowest BCUT2D eigenvalue weighted by Gasteiger charge is -2.26. The molecule has 0 amide bonds. The van der Waals surface area contributed by atoms with Gasteiger partial charge < -0.3 is 4.90 Å². The van der Waals surface area contributed by atoms with Gasteiger partial charge >= 0.3 is 6.18 Å². The van der Waals surface area contributed by atoms with Crippen LogP contribution in [0, 0.1) is 0 Å². The van der Waals surface area contributed by atoms with Gasteiger partial charge in [-0.05, 0) is 34.8 Å². The minimum absolute atomic E-state index is 0.0196. The van der Waals surface area contributed by atoms with Crippen LogP contribution in [0.5, 0.6) is 0 Å². The molecule has 1 aromatic heterocycles. The molecule has 7 heteroatoms. The lowest BCUT2D eigenvalue weighted by Crippen LogP contribution is -2.33. The highest BCUT2D eigenvalue weighted by Gasteiger charge is 2.38. The number of hydrogen-bond acceptors (Lipinski definition) is 2. The maximum Gasteiger partial charge on any atom is 0.419 e. The molecular weight excluding hydrogens is 332 g/mol. The summed E-state index contributed by atoms with van der Waals surface area (Å²) in [4.78, 5) is 5.58. The summed E-state index contributed by atoms with van der Waals surface area (Å²) in [5.41, 5.74) is -0.714. The normalized spacial score (nSPS) is 20.5. The van der Waals surface area contributed by atoms with Gasteiger partial charge in [-0.25, -0.2) is 4.98 Å². The van der Waals surface area contributed by atoms with Crippen molar-refractivity contribution < 1.29 is 13.2 Å². The van der Waals surface area contributed by atoms with E-state index in [-0.39, 0.29) is 11.9 Å². The second-order valence-corrected chi connectivity index (χ2v) is 5.39. The van der Waals surface area contributed by atoms with Gasteiger partial charge in [-0.1, -0.05) is 0 Å². The summed E-state index contributed by atoms with van der Waals surface area (Å²) in [6.45, 7) is 0.565. The lowest BCUT2D eigenvalue weighted by molar-refractivity contribution is -0.137. The summed E-state index contributed by atoms with van der Waals surface area (Å²) in [6, 6.07) is 0.993. The minimum atomic E-state index is -4.41. The Balaban J connectivity index is 2.44. The van der Waals surface area contributed by atoms with Crippen molar-refractivity contribution in [2.45, 2.75) is 25.1 Å². The van der Waals surface area contributed by atoms with Crippen LogP contribution in [0.4, 0.5) is 19.0 Å². The second-order valence-electron chi connectivity index (χ2n) is 4.17. The molecule has 18 heavy (non-hydrogen) atoms. The Bertz CT molecular complexity index is 439. The predicted molar refractivity (Wildman–Crippen MR) is 68.0 cm³/mol. The summed E-state index contributed by atoms with van der Waals surface area (Å²) in [7, 11) is 0. The van der Waals surface area contributed by atoms with Gasteiger partial charge in [0.25, 0.3) is 0 Å². The Morgan fingerprint density at radius 3 is 2.83 bits per heavy atom. The van der Waals surface area contributed by atoms with E-state index in [0.717, 1.165) is 18.9 Å². The van der Waals surface area contributed by atoms with E-state index in [2.05, 4.69) is 20.9 Å². The predicted octanol–water partition coefficient (Wildman–Crippen LogP) is 4.07. The zero-order valence-corrected chi connectivity index (χ0v) is 11.7. The zero-order valence-electron chi connectivity index (χ0n) is 9.34. The lowest BCUT2D eigenvalue weighted by atomic mass is 10.2. The maximum atomic E-state index is 13.0. The molecule has 2 heterocycles. The van der Waals surface area contributed by atoms with Crippen LogP contribution in [0.2, 0.25) is 0 Å². The molecule has 1 fully saturated rings. The first-order chi connectivity index (χ1) is 8.43. The Kier molecular flexibility index (Phi) is 4.06. The Hall–Kier alpha value is -0.490. The summed E-state index contributed by atoms with van der Waals surface area (Å²) in [6.07, 6.45) is -1.38. The summed E-state index contributed by atoms with van der Waals surface area (Å²) < 4.78 is 39.3. The number of hydrogen-bond donors (Lipinski definition) is 0. The van der Waals surface area contributed by atoms with E-state index in [0.29, 0.717) is 16.9 Å². The van der Waals surface area contributed by atoms with Crippen LogP contribution in [0.25, 0.3) is 0 Å². The van der Waals surface area contributed by atoms with Gasteiger partial charge in [0.2, 0.25) is 0 Å². The van der Waals surface area contributed by atoms with Crippen LogP contribution < -0.4 is 4.90 Å². The molecule has 1 unspecified atom stereocenters. The molecule has 0 radical (unpaired) electrons. The first-order valence-electron chi connectivity index (χ1n) is 5.49. The smallest absolute Gasteiger partial charge is 0.352 e. The third-order valence-electron chi connectivity index (χ3n) is 2.97. The van der Waals surface area contributed by atoms with E-state index in [1.54, 1.807) is 4.90 Å². The largest absolute Gasteiger partial charge is 0.419 e. The average Bonchev–Trinajstić information content (AvgIpc) is 2.75. The zero-order chi connectivity index (χ0) is 13.3. The molecule has 0 spiro atoms. The number of rotatable bonds is 2. The molecule has 100 valence electrons. The van der Waals surface area contributed by atoms with Crippen molar-refractivity contribution in [1.29, 1.82) is 0 Å². The SMILES string of the molecule is FC(F)(F)c1cc(Br)cnc1N1CCCC1CCl. The third kappa shape index (κ3) is 2.74. The number of alkyl halides is 4. The van der Waals surface area contributed by atoms with Crippen molar-refractivity contribution in [1.82, 2.24) is 4.98 Å². The number of nitrogens with zero attached hydrogens (tertiary/aromatic N) is 2. The van der Waals surface area contributed by atoms with Crippen molar-refractivity contribution >= 4 is 33.3 Å². The highest BCUT2D eigenvalue weighted by atomic mass is 79.9. The fourth-order valence-electron chi connectivity index (χ4n) is 2.14. The second kappa shape index (κ2) is 5.25. The molecule has 0 saturated carbocycles. The fraction of sp³-hybridized carbons (Fsp3) is 0.545. The molecule has 2 rings (SSSR count). The molecule has 1 atom stereocenters. The van der Waals surface area contributed by atoms with E-state index in [9.17, 15) is 13.2 Å². The van der Waals surface area contributed by atoms with E-state index in [1.165, 1.54) is 6.20 Å². The minimum Gasteiger partial charge on any atom is -0.352 e. The van der Waals surface area contributed by atoms with Crippen LogP contribution in [0.15, 0.2) is 16.7 Å². The summed E-state index contributed by atoms with van der Waals surface area (Å²) in [5.74, 6) is 0.295. The first kappa shape index (κ1) is 13.9. The van der Waals surface area contributed by atoms with Crippen LogP contribution in [-0.4, -0.2) is 23.5 Å². The first-order valence-corrected chi connectivity index (χ1v) is 6.81. The number of pyridine rings is 1. The summed E-state index contributed by atoms with van der Waals surface area (Å²) in [5, 5.41) is 0.